The van der Waals surface area contributed by atoms with Gasteiger partial charge in [-0.2, -0.15) is 0 Å². The van der Waals surface area contributed by atoms with Gasteiger partial charge in [-0.15, -0.1) is 35.3 Å². The van der Waals surface area contributed by atoms with E-state index in [9.17, 15) is 0 Å². The lowest BCUT2D eigenvalue weighted by Crippen LogP contribution is -2.39. The molecule has 3 aromatic rings. The maximum atomic E-state index is 4.60. The number of guanidine groups is 1. The number of aromatic nitrogens is 3. The third-order valence-corrected chi connectivity index (χ3v) is 4.47. The van der Waals surface area contributed by atoms with Crippen molar-refractivity contribution >= 4 is 46.9 Å². The number of nitrogens with zero attached hydrogens (tertiary/aromatic N) is 4. The number of aryl methyl sites for hydroxylation is 1. The molecule has 0 saturated heterocycles. The lowest BCUT2D eigenvalue weighted by Gasteiger charge is -2.10. The molecular weight excluding hydrogens is 447 g/mol. The number of hydrogen-bond acceptors (Lipinski definition) is 4. The number of nitrogens with one attached hydrogen (secondary N) is 2. The zero-order chi connectivity index (χ0) is 16.8. The summed E-state index contributed by atoms with van der Waals surface area (Å²) in [4.78, 5) is 13.3. The molecule has 134 valence electrons. The first kappa shape index (κ1) is 19.6. The Morgan fingerprint density at radius 3 is 2.56 bits per heavy atom. The molecule has 0 amide bonds. The summed E-state index contributed by atoms with van der Waals surface area (Å²) in [5.41, 5.74) is 3.18. The quantitative estimate of drug-likeness (QED) is 0.330. The highest BCUT2D eigenvalue weighted by Crippen LogP contribution is 2.07. The van der Waals surface area contributed by atoms with Crippen LogP contribution in [0.3, 0.4) is 0 Å². The van der Waals surface area contributed by atoms with Gasteiger partial charge < -0.3 is 15.0 Å². The zero-order valence-electron chi connectivity index (χ0n) is 14.4. The second-order valence-electron chi connectivity index (χ2n) is 5.48. The van der Waals surface area contributed by atoms with Crippen LogP contribution in [0.2, 0.25) is 0 Å². The molecule has 3 aromatic heterocycles. The number of imidazole rings is 1. The van der Waals surface area contributed by atoms with E-state index in [1.807, 2.05) is 35.7 Å². The Labute approximate surface area is 168 Å². The van der Waals surface area contributed by atoms with E-state index in [2.05, 4.69) is 37.2 Å². The average molecular weight is 470 g/mol. The largest absolute Gasteiger partial charge is 0.356 e. The second kappa shape index (κ2) is 9.71. The lowest BCUT2D eigenvalue weighted by atomic mass is 10.3. The van der Waals surface area contributed by atoms with Crippen LogP contribution in [0.1, 0.15) is 16.4 Å². The Bertz CT molecular complexity index is 792. The molecule has 0 aliphatic heterocycles. The van der Waals surface area contributed by atoms with E-state index in [4.69, 9.17) is 0 Å². The monoisotopic (exact) mass is 470 g/mol. The first-order chi connectivity index (χ1) is 11.7. The molecule has 0 aliphatic rings. The Kier molecular flexibility index (Phi) is 7.63. The van der Waals surface area contributed by atoms with Gasteiger partial charge in [0.25, 0.3) is 0 Å². The number of halogens is 1. The number of aliphatic imine (C=N–C) groups is 1. The van der Waals surface area contributed by atoms with E-state index in [0.29, 0.717) is 0 Å². The maximum Gasteiger partial charge on any atom is 0.191 e. The van der Waals surface area contributed by atoms with Crippen molar-refractivity contribution in [3.8, 4) is 0 Å². The predicted molar refractivity (Wildman–Crippen MR) is 114 cm³/mol. The minimum absolute atomic E-state index is 0. The zero-order valence-corrected chi connectivity index (χ0v) is 17.5. The molecule has 0 atom stereocenters. The van der Waals surface area contributed by atoms with Gasteiger partial charge in [0.05, 0.1) is 16.4 Å². The van der Waals surface area contributed by atoms with Crippen LogP contribution in [0.25, 0.3) is 5.65 Å². The first-order valence-electron chi connectivity index (χ1n) is 8.03. The molecule has 0 unspecified atom stereocenters. The molecule has 25 heavy (non-hydrogen) atoms. The van der Waals surface area contributed by atoms with Crippen molar-refractivity contribution in [2.24, 2.45) is 4.99 Å². The Balaban J connectivity index is 0.00000225. The van der Waals surface area contributed by atoms with Crippen LogP contribution in [0, 0.1) is 6.92 Å². The summed E-state index contributed by atoms with van der Waals surface area (Å²) >= 11 is 1.69. The molecule has 0 aromatic carbocycles. The molecule has 0 spiro atoms. The van der Waals surface area contributed by atoms with Crippen molar-refractivity contribution in [1.82, 2.24) is 25.0 Å². The van der Waals surface area contributed by atoms with Gasteiger partial charge in [0.2, 0.25) is 0 Å². The highest BCUT2D eigenvalue weighted by atomic mass is 127. The van der Waals surface area contributed by atoms with Gasteiger partial charge in [-0.1, -0.05) is 6.07 Å². The summed E-state index contributed by atoms with van der Waals surface area (Å²) in [6, 6.07) is 6.02. The van der Waals surface area contributed by atoms with Gasteiger partial charge in [0.1, 0.15) is 5.65 Å². The van der Waals surface area contributed by atoms with Crippen LogP contribution in [0.15, 0.2) is 41.0 Å². The van der Waals surface area contributed by atoms with Crippen LogP contribution in [0.5, 0.6) is 0 Å². The smallest absolute Gasteiger partial charge is 0.191 e. The molecule has 0 fully saturated rings. The van der Waals surface area contributed by atoms with Gasteiger partial charge in [-0.25, -0.2) is 9.97 Å². The summed E-state index contributed by atoms with van der Waals surface area (Å²) in [7, 11) is 1.78. The van der Waals surface area contributed by atoms with Crippen molar-refractivity contribution in [3.05, 3.63) is 52.4 Å². The average Bonchev–Trinajstić information content (AvgIpc) is 3.19. The molecular formula is C17H23IN6S. The number of rotatable bonds is 6. The molecule has 3 rings (SSSR count). The summed E-state index contributed by atoms with van der Waals surface area (Å²) in [6.45, 7) is 3.64. The number of pyridine rings is 1. The minimum Gasteiger partial charge on any atom is -0.356 e. The van der Waals surface area contributed by atoms with E-state index in [0.717, 1.165) is 53.9 Å². The second-order valence-corrected chi connectivity index (χ2v) is 6.54. The van der Waals surface area contributed by atoms with Gasteiger partial charge in [-0.05, 0) is 19.1 Å². The van der Waals surface area contributed by atoms with Crippen LogP contribution >= 0.6 is 35.3 Å². The molecule has 0 bridgehead atoms. The fourth-order valence-corrected chi connectivity index (χ4v) is 3.12. The van der Waals surface area contributed by atoms with Gasteiger partial charge in [0.15, 0.2) is 5.96 Å². The van der Waals surface area contributed by atoms with Crippen LogP contribution < -0.4 is 10.6 Å². The van der Waals surface area contributed by atoms with E-state index in [1.165, 1.54) is 0 Å². The van der Waals surface area contributed by atoms with Crippen molar-refractivity contribution in [3.63, 3.8) is 0 Å². The molecule has 0 saturated carbocycles. The van der Waals surface area contributed by atoms with Crippen molar-refractivity contribution in [2.75, 3.05) is 20.1 Å². The van der Waals surface area contributed by atoms with Crippen LogP contribution in [-0.4, -0.2) is 40.5 Å². The Morgan fingerprint density at radius 2 is 1.92 bits per heavy atom. The third-order valence-electron chi connectivity index (χ3n) is 3.65. The molecule has 6 nitrogen and oxygen atoms in total. The third kappa shape index (κ3) is 5.67. The lowest BCUT2D eigenvalue weighted by molar-refractivity contribution is 0.772. The summed E-state index contributed by atoms with van der Waals surface area (Å²) < 4.78 is 2.04. The Morgan fingerprint density at radius 1 is 1.16 bits per heavy atom. The summed E-state index contributed by atoms with van der Waals surface area (Å²) in [5.74, 6) is 0.811. The molecule has 8 heteroatoms. The maximum absolute atomic E-state index is 4.60. The number of thiazole rings is 1. The molecule has 0 aliphatic carbocycles. The standard InChI is InChI=1S/C17H22N6S.HI/c1-13-21-15(12-24-13)7-9-20-17(18-2)19-8-6-14-11-23-10-4-3-5-16(23)22-14;/h3-5,10-12H,6-9H2,1-2H3,(H2,18,19,20);1H. The van der Waals surface area contributed by atoms with E-state index in [-0.39, 0.29) is 24.0 Å². The Hall–Kier alpha value is -1.68. The highest BCUT2D eigenvalue weighted by Gasteiger charge is 2.03. The normalized spacial score (nSPS) is 11.4. The fraction of sp³-hybridized carbons (Fsp3) is 0.353. The van der Waals surface area contributed by atoms with Crippen molar-refractivity contribution < 1.29 is 0 Å². The van der Waals surface area contributed by atoms with Crippen LogP contribution in [-0.2, 0) is 12.8 Å². The fourth-order valence-electron chi connectivity index (χ4n) is 2.47. The SMILES string of the molecule is CN=C(NCCc1csc(C)n1)NCCc1cn2ccccc2n1.I. The minimum atomic E-state index is 0. The van der Waals surface area contributed by atoms with Gasteiger partial charge >= 0.3 is 0 Å². The number of hydrogen-bond donors (Lipinski definition) is 2. The van der Waals surface area contributed by atoms with E-state index < -0.39 is 0 Å². The highest BCUT2D eigenvalue weighted by molar-refractivity contribution is 14.0. The number of fused-ring (bicyclic) bond motifs is 1. The molecule has 3 heterocycles. The van der Waals surface area contributed by atoms with Gasteiger partial charge in [-0.3, -0.25) is 4.99 Å². The van der Waals surface area contributed by atoms with Gasteiger partial charge in [0, 0.05) is 50.8 Å². The molecule has 0 radical (unpaired) electrons. The van der Waals surface area contributed by atoms with Crippen molar-refractivity contribution in [1.29, 1.82) is 0 Å². The van der Waals surface area contributed by atoms with E-state index >= 15 is 0 Å². The predicted octanol–water partition coefficient (Wildman–Crippen LogP) is 2.67. The summed E-state index contributed by atoms with van der Waals surface area (Å²) in [5, 5.41) is 9.86. The molecule has 2 N–H and O–H groups in total. The van der Waals surface area contributed by atoms with Crippen molar-refractivity contribution in [2.45, 2.75) is 19.8 Å². The summed E-state index contributed by atoms with van der Waals surface area (Å²) in [6.07, 6.45) is 5.84. The first-order valence-corrected chi connectivity index (χ1v) is 8.90. The van der Waals surface area contributed by atoms with E-state index in [1.54, 1.807) is 18.4 Å². The van der Waals surface area contributed by atoms with Crippen LogP contribution in [0.4, 0.5) is 0 Å². The topological polar surface area (TPSA) is 66.6 Å².